The number of likely N-dealkylation sites (tertiary alicyclic amines) is 1. The van der Waals surface area contributed by atoms with Gasteiger partial charge in [0, 0.05) is 0 Å². The zero-order valence-corrected chi connectivity index (χ0v) is 11.9. The number of aliphatic carboxylic acids is 1. The zero-order valence-electron chi connectivity index (χ0n) is 11.9. The van der Waals surface area contributed by atoms with Gasteiger partial charge in [0.2, 0.25) is 0 Å². The summed E-state index contributed by atoms with van der Waals surface area (Å²) in [5.41, 5.74) is 3.80. The second kappa shape index (κ2) is 6.20. The minimum atomic E-state index is -0.674. The fourth-order valence-corrected chi connectivity index (χ4v) is 2.93. The SMILES string of the molecule is Cc1ccc(CCC(C(=O)O)N2CCCC2)c(C)c1. The first-order valence-electron chi connectivity index (χ1n) is 7.11. The van der Waals surface area contributed by atoms with Gasteiger partial charge in [0.15, 0.2) is 0 Å². The molecule has 104 valence electrons. The first kappa shape index (κ1) is 14.1. The Morgan fingerprint density at radius 1 is 1.32 bits per heavy atom. The molecule has 1 atom stereocenters. The summed E-state index contributed by atoms with van der Waals surface area (Å²) in [6, 6.07) is 6.09. The molecule has 1 fully saturated rings. The Morgan fingerprint density at radius 2 is 2.00 bits per heavy atom. The molecule has 1 aromatic carbocycles. The number of carboxylic acid groups (broad SMARTS) is 1. The van der Waals surface area contributed by atoms with Gasteiger partial charge in [-0.25, -0.2) is 0 Å². The van der Waals surface area contributed by atoms with Gasteiger partial charge in [0.25, 0.3) is 0 Å². The summed E-state index contributed by atoms with van der Waals surface area (Å²) in [6.45, 7) is 6.06. The molecule has 1 unspecified atom stereocenters. The number of rotatable bonds is 5. The first-order valence-corrected chi connectivity index (χ1v) is 7.11. The molecule has 1 aliphatic heterocycles. The van der Waals surface area contributed by atoms with E-state index in [2.05, 4.69) is 36.9 Å². The van der Waals surface area contributed by atoms with Crippen LogP contribution in [-0.4, -0.2) is 35.1 Å². The van der Waals surface area contributed by atoms with Crippen LogP contribution in [0.3, 0.4) is 0 Å². The lowest BCUT2D eigenvalue weighted by molar-refractivity contribution is -0.143. The van der Waals surface area contributed by atoms with Gasteiger partial charge in [-0.05, 0) is 63.7 Å². The van der Waals surface area contributed by atoms with E-state index in [4.69, 9.17) is 0 Å². The minimum absolute atomic E-state index is 0.316. The molecule has 0 aliphatic carbocycles. The van der Waals surface area contributed by atoms with Crippen LogP contribution in [-0.2, 0) is 11.2 Å². The number of benzene rings is 1. The van der Waals surface area contributed by atoms with Crippen molar-refractivity contribution < 1.29 is 9.90 Å². The van der Waals surface area contributed by atoms with Crippen molar-refractivity contribution >= 4 is 5.97 Å². The highest BCUT2D eigenvalue weighted by Gasteiger charge is 2.27. The molecule has 1 aromatic rings. The maximum absolute atomic E-state index is 11.4. The molecule has 1 heterocycles. The van der Waals surface area contributed by atoms with Crippen molar-refractivity contribution in [2.75, 3.05) is 13.1 Å². The molecular weight excluding hydrogens is 238 g/mol. The summed E-state index contributed by atoms with van der Waals surface area (Å²) in [5.74, 6) is -0.674. The third kappa shape index (κ3) is 3.57. The van der Waals surface area contributed by atoms with Gasteiger partial charge in [0.1, 0.15) is 6.04 Å². The van der Waals surface area contributed by atoms with Crippen LogP contribution in [0, 0.1) is 13.8 Å². The van der Waals surface area contributed by atoms with E-state index in [1.165, 1.54) is 16.7 Å². The Balaban J connectivity index is 2.00. The Bertz CT molecular complexity index is 450. The van der Waals surface area contributed by atoms with Crippen LogP contribution in [0.4, 0.5) is 0 Å². The Hall–Kier alpha value is -1.35. The lowest BCUT2D eigenvalue weighted by atomic mass is 9.99. The monoisotopic (exact) mass is 261 g/mol. The third-order valence-electron chi connectivity index (χ3n) is 4.05. The summed E-state index contributed by atoms with van der Waals surface area (Å²) in [5, 5.41) is 9.38. The average Bonchev–Trinajstić information content (AvgIpc) is 2.85. The van der Waals surface area contributed by atoms with Crippen molar-refractivity contribution in [1.29, 1.82) is 0 Å². The number of hydrogen-bond acceptors (Lipinski definition) is 2. The van der Waals surface area contributed by atoms with Crippen LogP contribution in [0.1, 0.15) is 36.0 Å². The van der Waals surface area contributed by atoms with Gasteiger partial charge in [0.05, 0.1) is 0 Å². The van der Waals surface area contributed by atoms with Crippen molar-refractivity contribution in [1.82, 2.24) is 4.90 Å². The van der Waals surface area contributed by atoms with Crippen molar-refractivity contribution in [3.05, 3.63) is 34.9 Å². The molecule has 1 N–H and O–H groups in total. The molecule has 1 saturated heterocycles. The Kier molecular flexibility index (Phi) is 4.59. The van der Waals surface area contributed by atoms with Crippen LogP contribution in [0.25, 0.3) is 0 Å². The first-order chi connectivity index (χ1) is 9.08. The molecule has 0 aromatic heterocycles. The van der Waals surface area contributed by atoms with Gasteiger partial charge in [-0.3, -0.25) is 9.69 Å². The lowest BCUT2D eigenvalue weighted by Gasteiger charge is -2.23. The zero-order chi connectivity index (χ0) is 13.8. The molecule has 0 radical (unpaired) electrons. The largest absolute Gasteiger partial charge is 0.480 e. The van der Waals surface area contributed by atoms with E-state index in [0.717, 1.165) is 32.4 Å². The van der Waals surface area contributed by atoms with E-state index < -0.39 is 5.97 Å². The van der Waals surface area contributed by atoms with Gasteiger partial charge >= 0.3 is 5.97 Å². The smallest absolute Gasteiger partial charge is 0.320 e. The van der Waals surface area contributed by atoms with E-state index in [0.29, 0.717) is 6.42 Å². The number of carbonyl (C=O) groups is 1. The number of hydrogen-bond donors (Lipinski definition) is 1. The third-order valence-corrected chi connectivity index (χ3v) is 4.05. The molecule has 0 amide bonds. The molecule has 3 nitrogen and oxygen atoms in total. The van der Waals surface area contributed by atoms with E-state index in [-0.39, 0.29) is 6.04 Å². The highest BCUT2D eigenvalue weighted by Crippen LogP contribution is 2.18. The predicted molar refractivity (Wildman–Crippen MR) is 76.5 cm³/mol. The van der Waals surface area contributed by atoms with Gasteiger partial charge < -0.3 is 5.11 Å². The fourth-order valence-electron chi connectivity index (χ4n) is 2.93. The maximum Gasteiger partial charge on any atom is 0.320 e. The molecule has 0 spiro atoms. The van der Waals surface area contributed by atoms with Crippen LogP contribution in [0.2, 0.25) is 0 Å². The minimum Gasteiger partial charge on any atom is -0.480 e. The number of nitrogens with zero attached hydrogens (tertiary/aromatic N) is 1. The van der Waals surface area contributed by atoms with Crippen molar-refractivity contribution in [3.63, 3.8) is 0 Å². The summed E-state index contributed by atoms with van der Waals surface area (Å²) in [6.07, 6.45) is 3.82. The predicted octanol–water partition coefficient (Wildman–Crippen LogP) is 2.79. The van der Waals surface area contributed by atoms with Crippen LogP contribution >= 0.6 is 0 Å². The van der Waals surface area contributed by atoms with Crippen molar-refractivity contribution in [2.45, 2.75) is 45.6 Å². The summed E-state index contributed by atoms with van der Waals surface area (Å²) >= 11 is 0. The molecule has 0 saturated carbocycles. The van der Waals surface area contributed by atoms with E-state index >= 15 is 0 Å². The molecule has 1 aliphatic rings. The van der Waals surface area contributed by atoms with Crippen LogP contribution < -0.4 is 0 Å². The quantitative estimate of drug-likeness (QED) is 0.886. The summed E-state index contributed by atoms with van der Waals surface area (Å²) < 4.78 is 0. The topological polar surface area (TPSA) is 40.5 Å². The summed E-state index contributed by atoms with van der Waals surface area (Å²) in [7, 11) is 0. The average molecular weight is 261 g/mol. The normalized spacial score (nSPS) is 17.6. The van der Waals surface area contributed by atoms with Gasteiger partial charge in [-0.1, -0.05) is 23.8 Å². The highest BCUT2D eigenvalue weighted by atomic mass is 16.4. The molecule has 19 heavy (non-hydrogen) atoms. The second-order valence-corrected chi connectivity index (χ2v) is 5.57. The number of aryl methyl sites for hydroxylation is 3. The number of carboxylic acids is 1. The van der Waals surface area contributed by atoms with Crippen LogP contribution in [0.15, 0.2) is 18.2 Å². The van der Waals surface area contributed by atoms with E-state index in [1.807, 2.05) is 0 Å². The molecule has 3 heteroatoms. The molecular formula is C16H23NO2. The molecule has 2 rings (SSSR count). The van der Waals surface area contributed by atoms with E-state index in [9.17, 15) is 9.90 Å². The van der Waals surface area contributed by atoms with Crippen LogP contribution in [0.5, 0.6) is 0 Å². The van der Waals surface area contributed by atoms with E-state index in [1.54, 1.807) is 0 Å². The lowest BCUT2D eigenvalue weighted by Crippen LogP contribution is -2.39. The molecule has 0 bridgehead atoms. The fraction of sp³-hybridized carbons (Fsp3) is 0.562. The Morgan fingerprint density at radius 3 is 2.58 bits per heavy atom. The highest BCUT2D eigenvalue weighted by molar-refractivity contribution is 5.73. The standard InChI is InChI=1S/C16H23NO2/c1-12-5-6-14(13(2)11-12)7-8-15(16(18)19)17-9-3-4-10-17/h5-6,11,15H,3-4,7-10H2,1-2H3,(H,18,19). The second-order valence-electron chi connectivity index (χ2n) is 5.57. The van der Waals surface area contributed by atoms with Gasteiger partial charge in [-0.2, -0.15) is 0 Å². The Labute approximate surface area is 115 Å². The van der Waals surface area contributed by atoms with Gasteiger partial charge in [-0.15, -0.1) is 0 Å². The summed E-state index contributed by atoms with van der Waals surface area (Å²) in [4.78, 5) is 13.5. The van der Waals surface area contributed by atoms with Crippen molar-refractivity contribution in [3.8, 4) is 0 Å². The maximum atomic E-state index is 11.4. The van der Waals surface area contributed by atoms with Crippen molar-refractivity contribution in [2.24, 2.45) is 0 Å².